The lowest BCUT2D eigenvalue weighted by Gasteiger charge is -2.26. The van der Waals surface area contributed by atoms with Crippen LogP contribution >= 0.6 is 11.8 Å². The topological polar surface area (TPSA) is 78.3 Å². The van der Waals surface area contributed by atoms with Crippen molar-refractivity contribution in [1.29, 1.82) is 5.26 Å². The lowest BCUT2D eigenvalue weighted by Crippen LogP contribution is -2.37. The van der Waals surface area contributed by atoms with Crippen molar-refractivity contribution >= 4 is 23.4 Å². The van der Waals surface area contributed by atoms with E-state index in [9.17, 15) is 9.18 Å². The summed E-state index contributed by atoms with van der Waals surface area (Å²) in [5, 5.41) is 9.11. The minimum atomic E-state index is -0.273. The van der Waals surface area contributed by atoms with Crippen molar-refractivity contribution in [1.82, 2.24) is 14.5 Å². The molecular formula is C34H30FN5O2S. The van der Waals surface area contributed by atoms with Crippen LogP contribution in [0.25, 0.3) is 11.3 Å². The highest BCUT2D eigenvalue weighted by molar-refractivity contribution is 7.99. The van der Waals surface area contributed by atoms with Gasteiger partial charge in [-0.2, -0.15) is 17.0 Å². The zero-order valence-electron chi connectivity index (χ0n) is 23.5. The van der Waals surface area contributed by atoms with Crippen LogP contribution < -0.4 is 4.90 Å². The van der Waals surface area contributed by atoms with Crippen LogP contribution in [0.4, 0.5) is 10.1 Å². The van der Waals surface area contributed by atoms with Crippen molar-refractivity contribution in [2.24, 2.45) is 0 Å². The number of benzene rings is 3. The van der Waals surface area contributed by atoms with E-state index in [1.54, 1.807) is 24.5 Å². The van der Waals surface area contributed by atoms with Gasteiger partial charge in [0.05, 0.1) is 30.2 Å². The second-order valence-electron chi connectivity index (χ2n) is 10.4. The number of furan rings is 1. The summed E-state index contributed by atoms with van der Waals surface area (Å²) in [6.45, 7) is 3.12. The molecule has 0 aliphatic carbocycles. The third-order valence-corrected chi connectivity index (χ3v) is 8.42. The maximum atomic E-state index is 14.1. The van der Waals surface area contributed by atoms with Gasteiger partial charge in [0.2, 0.25) is 0 Å². The molecular weight excluding hydrogens is 561 g/mol. The van der Waals surface area contributed by atoms with Crippen molar-refractivity contribution in [3.8, 4) is 17.4 Å². The molecule has 216 valence electrons. The van der Waals surface area contributed by atoms with Crippen molar-refractivity contribution in [3.63, 3.8) is 0 Å². The van der Waals surface area contributed by atoms with E-state index in [0.29, 0.717) is 36.7 Å². The summed E-state index contributed by atoms with van der Waals surface area (Å²) in [6.07, 6.45) is 3.65. The molecule has 3 aromatic carbocycles. The highest BCUT2D eigenvalue weighted by Gasteiger charge is 2.22. The van der Waals surface area contributed by atoms with Crippen LogP contribution in [0.5, 0.6) is 0 Å². The van der Waals surface area contributed by atoms with Crippen molar-refractivity contribution in [3.05, 3.63) is 131 Å². The minimum Gasteiger partial charge on any atom is -0.451 e. The van der Waals surface area contributed by atoms with Crippen LogP contribution in [0.15, 0.2) is 102 Å². The summed E-state index contributed by atoms with van der Waals surface area (Å²) in [4.78, 5) is 21.3. The fourth-order valence-electron chi connectivity index (χ4n) is 5.16. The van der Waals surface area contributed by atoms with E-state index < -0.39 is 0 Å². The van der Waals surface area contributed by atoms with E-state index in [-0.39, 0.29) is 11.7 Å². The molecule has 6 rings (SSSR count). The molecule has 1 aliphatic rings. The van der Waals surface area contributed by atoms with E-state index in [2.05, 4.69) is 20.5 Å². The van der Waals surface area contributed by atoms with Crippen molar-refractivity contribution in [2.75, 3.05) is 29.5 Å². The quantitative estimate of drug-likeness (QED) is 0.192. The number of amides is 1. The van der Waals surface area contributed by atoms with E-state index in [0.717, 1.165) is 52.7 Å². The van der Waals surface area contributed by atoms with Gasteiger partial charge in [-0.3, -0.25) is 4.79 Å². The average Bonchev–Trinajstić information content (AvgIpc) is 3.71. The van der Waals surface area contributed by atoms with Gasteiger partial charge in [0.1, 0.15) is 11.6 Å². The van der Waals surface area contributed by atoms with Crippen molar-refractivity contribution < 1.29 is 13.6 Å². The third kappa shape index (κ3) is 6.82. The van der Waals surface area contributed by atoms with Crippen LogP contribution in [0, 0.1) is 17.1 Å². The Bertz CT molecular complexity index is 1730. The molecule has 2 aromatic heterocycles. The predicted octanol–water partition coefficient (Wildman–Crippen LogP) is 6.60. The molecule has 9 heteroatoms. The number of anilines is 1. The first-order valence-electron chi connectivity index (χ1n) is 14.1. The van der Waals surface area contributed by atoms with Crippen LogP contribution in [0.1, 0.15) is 32.9 Å². The molecule has 1 saturated heterocycles. The Morgan fingerprint density at radius 1 is 0.977 bits per heavy atom. The largest absolute Gasteiger partial charge is 0.451 e. The van der Waals surface area contributed by atoms with Crippen molar-refractivity contribution in [2.45, 2.75) is 19.6 Å². The fourth-order valence-corrected chi connectivity index (χ4v) is 6.06. The number of nitrogens with zero attached hydrogens (tertiary/aromatic N) is 5. The van der Waals surface area contributed by atoms with Crippen LogP contribution in [0.3, 0.4) is 0 Å². The Labute approximate surface area is 254 Å². The van der Waals surface area contributed by atoms with Gasteiger partial charge in [-0.15, -0.1) is 0 Å². The zero-order valence-corrected chi connectivity index (χ0v) is 24.3. The van der Waals surface area contributed by atoms with E-state index >= 15 is 0 Å². The molecule has 7 nitrogen and oxygen atoms in total. The zero-order chi connectivity index (χ0) is 29.6. The van der Waals surface area contributed by atoms with E-state index in [1.807, 2.05) is 83.5 Å². The lowest BCUT2D eigenvalue weighted by atomic mass is 10.1. The normalized spacial score (nSPS) is 13.1. The van der Waals surface area contributed by atoms with Gasteiger partial charge in [0.15, 0.2) is 5.76 Å². The summed E-state index contributed by atoms with van der Waals surface area (Å²) < 4.78 is 22.1. The van der Waals surface area contributed by atoms with E-state index in [4.69, 9.17) is 9.68 Å². The molecule has 43 heavy (non-hydrogen) atoms. The SMILES string of the molecule is N#Cc1ccc(Cn2cncc2CN(Cc2cccc(F)c2)c2ccc(-c3ccc(C(=O)N4CCSCC4)o3)cc2)cc1. The third-order valence-electron chi connectivity index (χ3n) is 7.48. The number of imidazole rings is 1. The van der Waals surface area contributed by atoms with Gasteiger partial charge in [0.25, 0.3) is 5.91 Å². The smallest absolute Gasteiger partial charge is 0.289 e. The molecule has 1 amide bonds. The lowest BCUT2D eigenvalue weighted by molar-refractivity contribution is 0.0741. The molecule has 1 fully saturated rings. The molecule has 0 bridgehead atoms. The number of rotatable bonds is 9. The molecule has 0 saturated carbocycles. The molecule has 0 spiro atoms. The van der Waals surface area contributed by atoms with Gasteiger partial charge in [-0.1, -0.05) is 24.3 Å². The molecule has 1 aliphatic heterocycles. The second-order valence-corrected chi connectivity index (χ2v) is 11.6. The van der Waals surface area contributed by atoms with Gasteiger partial charge < -0.3 is 18.8 Å². The molecule has 3 heterocycles. The monoisotopic (exact) mass is 591 g/mol. The van der Waals surface area contributed by atoms with Gasteiger partial charge in [0, 0.05) is 55.1 Å². The summed E-state index contributed by atoms with van der Waals surface area (Å²) in [7, 11) is 0. The first-order valence-corrected chi connectivity index (χ1v) is 15.3. The van der Waals surface area contributed by atoms with Gasteiger partial charge >= 0.3 is 0 Å². The van der Waals surface area contributed by atoms with Crippen LogP contribution in [-0.2, 0) is 19.6 Å². The Morgan fingerprint density at radius 2 is 1.77 bits per heavy atom. The molecule has 0 unspecified atom stereocenters. The maximum absolute atomic E-state index is 14.1. The number of nitriles is 1. The number of thioether (sulfide) groups is 1. The van der Waals surface area contributed by atoms with Gasteiger partial charge in [-0.05, 0) is 71.8 Å². The Kier molecular flexibility index (Phi) is 8.57. The number of halogens is 1. The van der Waals surface area contributed by atoms with Gasteiger partial charge in [-0.25, -0.2) is 9.37 Å². The summed E-state index contributed by atoms with van der Waals surface area (Å²) >= 11 is 1.86. The number of carbonyl (C=O) groups excluding carboxylic acids is 1. The highest BCUT2D eigenvalue weighted by atomic mass is 32.2. The second kappa shape index (κ2) is 13.0. The number of hydrogen-bond acceptors (Lipinski definition) is 6. The summed E-state index contributed by atoms with van der Waals surface area (Å²) in [5.41, 5.74) is 5.36. The predicted molar refractivity (Wildman–Crippen MR) is 166 cm³/mol. The number of hydrogen-bond donors (Lipinski definition) is 0. The van der Waals surface area contributed by atoms with E-state index in [1.165, 1.54) is 6.07 Å². The fraction of sp³-hybridized carbons (Fsp3) is 0.206. The Hall–Kier alpha value is -4.81. The molecule has 0 radical (unpaired) electrons. The standard InChI is InChI=1S/C34H30FN5O2S/c35-29-3-1-2-27(18-29)22-39(23-31-20-37-24-40(31)21-26-6-4-25(19-36)5-7-26)30-10-8-28(9-11-30)32-12-13-33(42-32)34(41)38-14-16-43-17-15-38/h1-13,18,20,24H,14-17,21-23H2. The highest BCUT2D eigenvalue weighted by Crippen LogP contribution is 2.28. The Balaban J connectivity index is 1.22. The molecule has 0 N–H and O–H groups in total. The number of aromatic nitrogens is 2. The molecule has 0 atom stereocenters. The molecule has 5 aromatic rings. The first-order chi connectivity index (χ1) is 21.1. The summed E-state index contributed by atoms with van der Waals surface area (Å²) in [6, 6.07) is 27.9. The Morgan fingerprint density at radius 3 is 2.51 bits per heavy atom. The maximum Gasteiger partial charge on any atom is 0.289 e. The van der Waals surface area contributed by atoms with Crippen LogP contribution in [-0.4, -0.2) is 45.0 Å². The average molecular weight is 592 g/mol. The summed E-state index contributed by atoms with van der Waals surface area (Å²) in [5.74, 6) is 2.55. The minimum absolute atomic E-state index is 0.0675. The number of carbonyl (C=O) groups is 1. The first kappa shape index (κ1) is 28.3. The van der Waals surface area contributed by atoms with Crippen LogP contribution in [0.2, 0.25) is 0 Å².